The van der Waals surface area contributed by atoms with Crippen molar-refractivity contribution in [3.05, 3.63) is 0 Å². The molecule has 0 aliphatic rings. The third-order valence-electron chi connectivity index (χ3n) is 1.18. The third kappa shape index (κ3) is 7.38. The summed E-state index contributed by atoms with van der Waals surface area (Å²) in [5.41, 5.74) is 5.14. The molecular weight excluding hydrogens is 187 g/mol. The molecule has 4 nitrogen and oxygen atoms in total. The van der Waals surface area contributed by atoms with E-state index in [-0.39, 0.29) is 12.6 Å². The quantitative estimate of drug-likeness (QED) is 0.607. The zero-order chi connectivity index (χ0) is 10.5. The van der Waals surface area contributed by atoms with Crippen LogP contribution >= 0.6 is 0 Å². The number of alkyl halides is 3. The van der Waals surface area contributed by atoms with E-state index in [4.69, 9.17) is 5.73 Å². The average Bonchev–Trinajstić information content (AvgIpc) is 1.99. The van der Waals surface area contributed by atoms with E-state index in [1.54, 1.807) is 12.2 Å². The highest BCUT2D eigenvalue weighted by Gasteiger charge is 2.27. The van der Waals surface area contributed by atoms with Gasteiger partial charge in [-0.1, -0.05) is 0 Å². The summed E-state index contributed by atoms with van der Waals surface area (Å²) in [6.45, 7) is 0.433. The highest BCUT2D eigenvalue weighted by molar-refractivity contribution is 5.74. The fourth-order valence-corrected chi connectivity index (χ4v) is 0.514. The molecule has 0 radical (unpaired) electrons. The molecule has 0 heterocycles. The van der Waals surface area contributed by atoms with Gasteiger partial charge in [0.2, 0.25) is 0 Å². The molecule has 0 aromatic heterocycles. The summed E-state index contributed by atoms with van der Waals surface area (Å²) in [6.07, 6.45) is -4.39. The zero-order valence-electron chi connectivity index (χ0n) is 7.11. The maximum absolute atomic E-state index is 11.6. The molecule has 13 heavy (non-hydrogen) atoms. The predicted octanol–water partition coefficient (Wildman–Crippen LogP) is 0.195. The summed E-state index contributed by atoms with van der Waals surface area (Å²) >= 11 is 0. The number of amides is 2. The number of nitrogens with one attached hydrogen (secondary N) is 2. The van der Waals surface area contributed by atoms with Gasteiger partial charge in [0, 0.05) is 12.6 Å². The van der Waals surface area contributed by atoms with Crippen molar-refractivity contribution in [3.63, 3.8) is 0 Å². The zero-order valence-corrected chi connectivity index (χ0v) is 7.11. The van der Waals surface area contributed by atoms with Crippen molar-refractivity contribution >= 4 is 6.03 Å². The Bertz CT molecular complexity index is 171. The highest BCUT2D eigenvalue weighted by Crippen LogP contribution is 2.11. The first-order valence-corrected chi connectivity index (χ1v) is 3.66. The van der Waals surface area contributed by atoms with E-state index in [2.05, 4.69) is 5.32 Å². The second-order valence-electron chi connectivity index (χ2n) is 2.58. The first-order chi connectivity index (χ1) is 5.85. The Kier molecular flexibility index (Phi) is 4.53. The first-order valence-electron chi connectivity index (χ1n) is 3.66. The largest absolute Gasteiger partial charge is 0.405 e. The Hall–Kier alpha value is -0.980. The lowest BCUT2D eigenvalue weighted by atomic mass is 10.3. The van der Waals surface area contributed by atoms with Gasteiger partial charge >= 0.3 is 12.2 Å². The smallest absolute Gasteiger partial charge is 0.334 e. The molecule has 0 aliphatic carbocycles. The second kappa shape index (κ2) is 4.90. The number of hydrogen-bond acceptors (Lipinski definition) is 2. The van der Waals surface area contributed by atoms with Crippen LogP contribution in [0.1, 0.15) is 6.92 Å². The maximum Gasteiger partial charge on any atom is 0.405 e. The number of rotatable bonds is 3. The third-order valence-corrected chi connectivity index (χ3v) is 1.18. The number of halogens is 3. The van der Waals surface area contributed by atoms with Crippen molar-refractivity contribution in [1.29, 1.82) is 0 Å². The molecular formula is C6H12F3N3O. The van der Waals surface area contributed by atoms with E-state index < -0.39 is 18.8 Å². The molecule has 0 saturated heterocycles. The van der Waals surface area contributed by atoms with Gasteiger partial charge in [-0.2, -0.15) is 13.2 Å². The van der Waals surface area contributed by atoms with E-state index in [0.717, 1.165) is 0 Å². The van der Waals surface area contributed by atoms with E-state index >= 15 is 0 Å². The Morgan fingerprint density at radius 1 is 1.54 bits per heavy atom. The van der Waals surface area contributed by atoms with Gasteiger partial charge in [0.15, 0.2) is 0 Å². The van der Waals surface area contributed by atoms with Gasteiger partial charge in [0.1, 0.15) is 6.54 Å². The summed E-state index contributed by atoms with van der Waals surface area (Å²) in [6, 6.07) is -1.21. The summed E-state index contributed by atoms with van der Waals surface area (Å²) in [5.74, 6) is 0. The number of hydrogen-bond donors (Lipinski definition) is 3. The lowest BCUT2D eigenvalue weighted by Crippen LogP contribution is -2.46. The molecule has 0 rings (SSSR count). The van der Waals surface area contributed by atoms with Gasteiger partial charge in [0.25, 0.3) is 0 Å². The minimum atomic E-state index is -4.39. The SMILES string of the molecule is CC(CN)NC(=O)NCC(F)(F)F. The van der Waals surface area contributed by atoms with Crippen molar-refractivity contribution in [2.24, 2.45) is 5.73 Å². The fraction of sp³-hybridized carbons (Fsp3) is 0.833. The molecule has 4 N–H and O–H groups in total. The van der Waals surface area contributed by atoms with Crippen molar-refractivity contribution < 1.29 is 18.0 Å². The average molecular weight is 199 g/mol. The minimum absolute atomic E-state index is 0.180. The lowest BCUT2D eigenvalue weighted by molar-refractivity contribution is -0.122. The summed E-state index contributed by atoms with van der Waals surface area (Å²) in [5, 5.41) is 3.88. The summed E-state index contributed by atoms with van der Waals surface area (Å²) in [4.78, 5) is 10.7. The van der Waals surface area contributed by atoms with Gasteiger partial charge in [-0.3, -0.25) is 0 Å². The van der Waals surface area contributed by atoms with Crippen LogP contribution in [0.25, 0.3) is 0 Å². The van der Waals surface area contributed by atoms with E-state index in [9.17, 15) is 18.0 Å². The van der Waals surface area contributed by atoms with Crippen LogP contribution in [-0.2, 0) is 0 Å². The fourth-order valence-electron chi connectivity index (χ4n) is 0.514. The minimum Gasteiger partial charge on any atom is -0.334 e. The maximum atomic E-state index is 11.6. The van der Waals surface area contributed by atoms with Gasteiger partial charge in [-0.15, -0.1) is 0 Å². The molecule has 0 spiro atoms. The van der Waals surface area contributed by atoms with Gasteiger partial charge in [-0.05, 0) is 6.92 Å². The van der Waals surface area contributed by atoms with Crippen molar-refractivity contribution in [2.75, 3.05) is 13.1 Å². The van der Waals surface area contributed by atoms with Gasteiger partial charge < -0.3 is 16.4 Å². The summed E-state index contributed by atoms with van der Waals surface area (Å²) in [7, 11) is 0. The van der Waals surface area contributed by atoms with Crippen LogP contribution in [0, 0.1) is 0 Å². The topological polar surface area (TPSA) is 67.1 Å². The van der Waals surface area contributed by atoms with Crippen molar-refractivity contribution in [2.45, 2.75) is 19.1 Å². The Labute approximate surface area is 73.7 Å². The van der Waals surface area contributed by atoms with Crippen LogP contribution in [-0.4, -0.2) is 31.3 Å². The molecule has 7 heteroatoms. The monoisotopic (exact) mass is 199 g/mol. The number of urea groups is 1. The Morgan fingerprint density at radius 2 is 2.08 bits per heavy atom. The van der Waals surface area contributed by atoms with Crippen LogP contribution in [0.5, 0.6) is 0 Å². The first kappa shape index (κ1) is 12.0. The normalized spacial score (nSPS) is 13.6. The van der Waals surface area contributed by atoms with Crippen LogP contribution in [0.2, 0.25) is 0 Å². The molecule has 0 fully saturated rings. The van der Waals surface area contributed by atoms with E-state index in [1.165, 1.54) is 0 Å². The molecule has 1 atom stereocenters. The van der Waals surface area contributed by atoms with Crippen LogP contribution in [0.3, 0.4) is 0 Å². The highest BCUT2D eigenvalue weighted by atomic mass is 19.4. The van der Waals surface area contributed by atoms with Crippen LogP contribution in [0.4, 0.5) is 18.0 Å². The lowest BCUT2D eigenvalue weighted by Gasteiger charge is -2.13. The van der Waals surface area contributed by atoms with Crippen molar-refractivity contribution in [1.82, 2.24) is 10.6 Å². The van der Waals surface area contributed by atoms with E-state index in [1.807, 2.05) is 0 Å². The van der Waals surface area contributed by atoms with Crippen LogP contribution in [0.15, 0.2) is 0 Å². The molecule has 1 unspecified atom stereocenters. The van der Waals surface area contributed by atoms with E-state index in [0.29, 0.717) is 0 Å². The molecule has 78 valence electrons. The second-order valence-corrected chi connectivity index (χ2v) is 2.58. The molecule has 0 aliphatic heterocycles. The Balaban J connectivity index is 3.64. The van der Waals surface area contributed by atoms with Crippen LogP contribution < -0.4 is 16.4 Å². The standard InChI is InChI=1S/C6H12F3N3O/c1-4(2-10)12-5(13)11-3-6(7,8)9/h4H,2-3,10H2,1H3,(H2,11,12,13). The number of carbonyl (C=O) groups excluding carboxylic acids is 1. The molecule has 2 amide bonds. The number of carbonyl (C=O) groups is 1. The summed E-state index contributed by atoms with van der Waals surface area (Å²) < 4.78 is 34.7. The number of nitrogens with two attached hydrogens (primary N) is 1. The molecule has 0 aromatic carbocycles. The van der Waals surface area contributed by atoms with Gasteiger partial charge in [0.05, 0.1) is 0 Å². The predicted molar refractivity (Wildman–Crippen MR) is 41.1 cm³/mol. The molecule has 0 saturated carbocycles. The Morgan fingerprint density at radius 3 is 2.46 bits per heavy atom. The molecule has 0 aromatic rings. The van der Waals surface area contributed by atoms with Crippen molar-refractivity contribution in [3.8, 4) is 0 Å². The molecule has 0 bridgehead atoms. The van der Waals surface area contributed by atoms with Gasteiger partial charge in [-0.25, -0.2) is 4.79 Å².